The minimum Gasteiger partial charge on any atom is -0.347 e. The lowest BCUT2D eigenvalue weighted by Gasteiger charge is -2.27. The van der Waals surface area contributed by atoms with E-state index in [1.807, 2.05) is 35.2 Å². The van der Waals surface area contributed by atoms with Crippen LogP contribution in [0.25, 0.3) is 0 Å². The van der Waals surface area contributed by atoms with E-state index in [2.05, 4.69) is 58.3 Å². The molecule has 1 aliphatic heterocycles. The molecule has 5 nitrogen and oxygen atoms in total. The lowest BCUT2D eigenvalue weighted by Crippen LogP contribution is -2.43. The molecule has 6 heteroatoms. The summed E-state index contributed by atoms with van der Waals surface area (Å²) in [4.78, 5) is 20.8. The van der Waals surface area contributed by atoms with E-state index in [0.717, 1.165) is 24.2 Å². The van der Waals surface area contributed by atoms with E-state index in [4.69, 9.17) is 0 Å². The Balaban J connectivity index is 1.40. The van der Waals surface area contributed by atoms with Crippen LogP contribution in [-0.4, -0.2) is 29.9 Å². The van der Waals surface area contributed by atoms with Gasteiger partial charge in [-0.25, -0.2) is 4.99 Å². The quantitative estimate of drug-likeness (QED) is 0.482. The Labute approximate surface area is 181 Å². The number of rotatable bonds is 5. The monoisotopic (exact) mass is 418 g/mol. The first-order chi connectivity index (χ1) is 14.7. The number of para-hydroxylation sites is 1. The molecule has 3 aromatic rings. The number of thiophene rings is 1. The molecular formula is C24H26N4OS. The van der Waals surface area contributed by atoms with Crippen LogP contribution in [0.1, 0.15) is 21.6 Å². The molecule has 0 saturated heterocycles. The summed E-state index contributed by atoms with van der Waals surface area (Å²) in [6, 6.07) is 20.3. The number of benzene rings is 2. The molecular weight excluding hydrogens is 392 g/mol. The molecule has 0 aliphatic carbocycles. The van der Waals surface area contributed by atoms with Gasteiger partial charge in [0, 0.05) is 23.7 Å². The first-order valence-corrected chi connectivity index (χ1v) is 11.0. The van der Waals surface area contributed by atoms with Crippen molar-refractivity contribution < 1.29 is 4.79 Å². The Morgan fingerprint density at radius 1 is 1.10 bits per heavy atom. The topological polar surface area (TPSA) is 56.7 Å². The van der Waals surface area contributed by atoms with Crippen LogP contribution in [0.4, 0.5) is 5.69 Å². The zero-order chi connectivity index (χ0) is 20.8. The van der Waals surface area contributed by atoms with Crippen LogP contribution in [0, 0.1) is 6.92 Å². The van der Waals surface area contributed by atoms with Gasteiger partial charge in [0.1, 0.15) is 0 Å². The number of hydrogen-bond acceptors (Lipinski definition) is 3. The summed E-state index contributed by atoms with van der Waals surface area (Å²) in [6.45, 7) is 4.30. The van der Waals surface area contributed by atoms with Crippen molar-refractivity contribution in [2.75, 3.05) is 18.4 Å². The molecule has 2 heterocycles. The Morgan fingerprint density at radius 3 is 2.70 bits per heavy atom. The van der Waals surface area contributed by atoms with Crippen molar-refractivity contribution in [2.24, 2.45) is 4.99 Å². The van der Waals surface area contributed by atoms with Gasteiger partial charge in [-0.3, -0.25) is 4.79 Å². The van der Waals surface area contributed by atoms with Gasteiger partial charge in [0.05, 0.1) is 13.1 Å². The summed E-state index contributed by atoms with van der Waals surface area (Å²) in [6.07, 6.45) is 0.940. The van der Waals surface area contributed by atoms with E-state index in [1.54, 1.807) is 11.3 Å². The minimum atomic E-state index is 0.0877. The molecule has 2 aromatic carbocycles. The van der Waals surface area contributed by atoms with E-state index in [9.17, 15) is 4.79 Å². The van der Waals surface area contributed by atoms with Gasteiger partial charge in [0.25, 0.3) is 0 Å². The number of nitrogens with zero attached hydrogens (tertiary/aromatic N) is 2. The SMILES string of the molecule is Cc1ccc(CN=C(NCC(=O)N2CCc3sccc3C2)Nc2ccccc2)cc1. The molecule has 0 fully saturated rings. The number of nitrogens with one attached hydrogen (secondary N) is 2. The molecule has 30 heavy (non-hydrogen) atoms. The van der Waals surface area contributed by atoms with Crippen molar-refractivity contribution in [3.63, 3.8) is 0 Å². The van der Waals surface area contributed by atoms with Crippen molar-refractivity contribution in [1.29, 1.82) is 0 Å². The second kappa shape index (κ2) is 9.59. The highest BCUT2D eigenvalue weighted by molar-refractivity contribution is 7.10. The average molecular weight is 419 g/mol. The highest BCUT2D eigenvalue weighted by Gasteiger charge is 2.21. The summed E-state index contributed by atoms with van der Waals surface area (Å²) in [7, 11) is 0. The number of fused-ring (bicyclic) bond motifs is 1. The third-order valence-corrected chi connectivity index (χ3v) is 6.17. The normalized spacial score (nSPS) is 13.6. The molecule has 0 bridgehead atoms. The summed E-state index contributed by atoms with van der Waals surface area (Å²) in [5.41, 5.74) is 4.56. The lowest BCUT2D eigenvalue weighted by atomic mass is 10.1. The molecule has 0 saturated carbocycles. The maximum absolute atomic E-state index is 12.8. The highest BCUT2D eigenvalue weighted by Crippen LogP contribution is 2.23. The van der Waals surface area contributed by atoms with Crippen LogP contribution in [0.5, 0.6) is 0 Å². The molecule has 2 N–H and O–H groups in total. The fourth-order valence-electron chi connectivity index (χ4n) is 3.39. The Morgan fingerprint density at radius 2 is 1.90 bits per heavy atom. The Hall–Kier alpha value is -3.12. The lowest BCUT2D eigenvalue weighted by molar-refractivity contribution is -0.130. The number of anilines is 1. The molecule has 4 rings (SSSR count). The fourth-order valence-corrected chi connectivity index (χ4v) is 4.28. The highest BCUT2D eigenvalue weighted by atomic mass is 32.1. The molecule has 0 atom stereocenters. The molecule has 1 aromatic heterocycles. The van der Waals surface area contributed by atoms with Crippen molar-refractivity contribution in [3.8, 4) is 0 Å². The van der Waals surface area contributed by atoms with E-state index >= 15 is 0 Å². The van der Waals surface area contributed by atoms with Crippen LogP contribution in [0.3, 0.4) is 0 Å². The molecule has 0 radical (unpaired) electrons. The molecule has 1 amide bonds. The molecule has 154 valence electrons. The second-order valence-electron chi connectivity index (χ2n) is 7.43. The van der Waals surface area contributed by atoms with E-state index < -0.39 is 0 Å². The second-order valence-corrected chi connectivity index (χ2v) is 8.43. The smallest absolute Gasteiger partial charge is 0.242 e. The van der Waals surface area contributed by atoms with Crippen LogP contribution < -0.4 is 10.6 Å². The molecule has 0 unspecified atom stereocenters. The number of guanidine groups is 1. The van der Waals surface area contributed by atoms with Crippen LogP contribution in [0.15, 0.2) is 71.0 Å². The maximum atomic E-state index is 12.8. The van der Waals surface area contributed by atoms with Gasteiger partial charge in [-0.1, -0.05) is 48.0 Å². The minimum absolute atomic E-state index is 0.0877. The summed E-state index contributed by atoms with van der Waals surface area (Å²) in [5, 5.41) is 8.62. The number of amides is 1. The van der Waals surface area contributed by atoms with Gasteiger partial charge in [0.15, 0.2) is 5.96 Å². The van der Waals surface area contributed by atoms with Crippen molar-refractivity contribution in [2.45, 2.75) is 26.4 Å². The Kier molecular flexibility index (Phi) is 6.44. The van der Waals surface area contributed by atoms with E-state index in [1.165, 1.54) is 16.0 Å². The van der Waals surface area contributed by atoms with Gasteiger partial charge >= 0.3 is 0 Å². The van der Waals surface area contributed by atoms with Gasteiger partial charge in [-0.05, 0) is 48.1 Å². The summed E-state index contributed by atoms with van der Waals surface area (Å²) >= 11 is 1.78. The van der Waals surface area contributed by atoms with Gasteiger partial charge < -0.3 is 15.5 Å². The molecule has 0 spiro atoms. The fraction of sp³-hybridized carbons (Fsp3) is 0.250. The van der Waals surface area contributed by atoms with Gasteiger partial charge in [-0.15, -0.1) is 11.3 Å². The van der Waals surface area contributed by atoms with Crippen molar-refractivity contribution in [1.82, 2.24) is 10.2 Å². The maximum Gasteiger partial charge on any atom is 0.242 e. The first kappa shape index (κ1) is 20.2. The third-order valence-electron chi connectivity index (χ3n) is 5.14. The first-order valence-electron chi connectivity index (χ1n) is 10.2. The van der Waals surface area contributed by atoms with Gasteiger partial charge in [0.2, 0.25) is 5.91 Å². The largest absolute Gasteiger partial charge is 0.347 e. The number of aliphatic imine (C=N–C) groups is 1. The van der Waals surface area contributed by atoms with E-state index in [-0.39, 0.29) is 12.5 Å². The van der Waals surface area contributed by atoms with Crippen LogP contribution >= 0.6 is 11.3 Å². The predicted molar refractivity (Wildman–Crippen MR) is 124 cm³/mol. The zero-order valence-electron chi connectivity index (χ0n) is 17.1. The summed E-state index contributed by atoms with van der Waals surface area (Å²) in [5.74, 6) is 0.688. The van der Waals surface area contributed by atoms with Crippen molar-refractivity contribution >= 4 is 28.9 Å². The van der Waals surface area contributed by atoms with Crippen LogP contribution in [0.2, 0.25) is 0 Å². The number of hydrogen-bond donors (Lipinski definition) is 2. The molecule has 1 aliphatic rings. The standard InChI is InChI=1S/C24H26N4OS/c1-18-7-9-19(10-8-18)15-25-24(27-21-5-3-2-4-6-21)26-16-23(29)28-13-11-22-20(17-28)12-14-30-22/h2-10,12,14H,11,13,15-17H2,1H3,(H2,25,26,27). The third kappa shape index (κ3) is 5.27. The van der Waals surface area contributed by atoms with Crippen molar-refractivity contribution in [3.05, 3.63) is 87.6 Å². The average Bonchev–Trinajstić information content (AvgIpc) is 3.25. The number of carbonyl (C=O) groups excluding carboxylic acids is 1. The zero-order valence-corrected chi connectivity index (χ0v) is 17.9. The Bertz CT molecular complexity index is 1010. The van der Waals surface area contributed by atoms with Gasteiger partial charge in [-0.2, -0.15) is 0 Å². The predicted octanol–water partition coefficient (Wildman–Crippen LogP) is 4.20. The summed E-state index contributed by atoms with van der Waals surface area (Å²) < 4.78 is 0. The number of carbonyl (C=O) groups is 1. The van der Waals surface area contributed by atoms with Crippen LogP contribution in [-0.2, 0) is 24.3 Å². The number of aryl methyl sites for hydroxylation is 1. The van der Waals surface area contributed by atoms with E-state index in [0.29, 0.717) is 19.0 Å².